The van der Waals surface area contributed by atoms with E-state index in [-0.39, 0.29) is 5.92 Å². The molecule has 1 N–H and O–H groups in total. The van der Waals surface area contributed by atoms with Crippen LogP contribution in [0.3, 0.4) is 0 Å². The lowest BCUT2D eigenvalue weighted by atomic mass is 10.1. The highest BCUT2D eigenvalue weighted by Crippen LogP contribution is 2.43. The predicted molar refractivity (Wildman–Crippen MR) is 47.8 cm³/mol. The number of rotatable bonds is 1. The molecule has 1 aromatic rings. The quantitative estimate of drug-likeness (QED) is 0.707. The highest BCUT2D eigenvalue weighted by atomic mass is 16.1. The van der Waals surface area contributed by atoms with Crippen LogP contribution < -0.4 is 0 Å². The lowest BCUT2D eigenvalue weighted by Crippen LogP contribution is -2.06. The van der Waals surface area contributed by atoms with Crippen LogP contribution >= 0.6 is 0 Å². The Balaban J connectivity index is 2.11. The number of hydrogen-bond donors (Lipinski definition) is 1. The first-order valence-corrected chi connectivity index (χ1v) is 4.88. The lowest BCUT2D eigenvalue weighted by molar-refractivity contribution is 0.0945. The van der Waals surface area contributed by atoms with Gasteiger partial charge in [0.2, 0.25) is 0 Å². The van der Waals surface area contributed by atoms with Crippen LogP contribution in [-0.4, -0.2) is 16.0 Å². The number of aromatic nitrogens is 2. The van der Waals surface area contributed by atoms with E-state index in [0.29, 0.717) is 11.7 Å². The maximum absolute atomic E-state index is 11.8. The van der Waals surface area contributed by atoms with E-state index in [4.69, 9.17) is 0 Å². The van der Waals surface area contributed by atoms with Crippen LogP contribution in [0.25, 0.3) is 0 Å². The van der Waals surface area contributed by atoms with Crippen molar-refractivity contribution >= 4 is 5.78 Å². The Morgan fingerprint density at radius 1 is 1.46 bits per heavy atom. The molecule has 1 heterocycles. The van der Waals surface area contributed by atoms with Crippen LogP contribution in [0.2, 0.25) is 0 Å². The standard InChI is InChI=1S/C10H12N2O/c1-5-4-7-8(10(5)13)9(12-11-7)6-2-3-6/h5-6H,2-4H2,1H3,(H,11,12). The number of fused-ring (bicyclic) bond motifs is 1. The van der Waals surface area contributed by atoms with Crippen LogP contribution in [0.1, 0.15) is 47.4 Å². The molecule has 0 aromatic carbocycles. The highest BCUT2D eigenvalue weighted by Gasteiger charge is 2.37. The zero-order valence-corrected chi connectivity index (χ0v) is 7.63. The summed E-state index contributed by atoms with van der Waals surface area (Å²) in [5.41, 5.74) is 3.04. The molecule has 0 spiro atoms. The molecular formula is C10H12N2O. The van der Waals surface area contributed by atoms with E-state index in [1.165, 1.54) is 12.8 Å². The largest absolute Gasteiger partial charge is 0.294 e. The predicted octanol–water partition coefficient (Wildman–Crippen LogP) is 1.66. The molecule has 3 heteroatoms. The van der Waals surface area contributed by atoms with E-state index in [2.05, 4.69) is 10.2 Å². The Kier molecular flexibility index (Phi) is 1.25. The molecule has 2 aliphatic carbocycles. The van der Waals surface area contributed by atoms with Gasteiger partial charge in [-0.3, -0.25) is 9.89 Å². The number of carbonyl (C=O) groups is 1. The van der Waals surface area contributed by atoms with Crippen molar-refractivity contribution in [1.82, 2.24) is 10.2 Å². The molecule has 1 fully saturated rings. The second kappa shape index (κ2) is 2.22. The molecule has 3 nitrogen and oxygen atoms in total. The van der Waals surface area contributed by atoms with Crippen molar-refractivity contribution in [2.24, 2.45) is 5.92 Å². The smallest absolute Gasteiger partial charge is 0.169 e. The van der Waals surface area contributed by atoms with Crippen molar-refractivity contribution in [3.63, 3.8) is 0 Å². The van der Waals surface area contributed by atoms with Crippen LogP contribution in [-0.2, 0) is 6.42 Å². The zero-order chi connectivity index (χ0) is 9.00. The number of nitrogens with zero attached hydrogens (tertiary/aromatic N) is 1. The minimum absolute atomic E-state index is 0.168. The van der Waals surface area contributed by atoms with E-state index in [9.17, 15) is 4.79 Å². The molecule has 1 unspecified atom stereocenters. The van der Waals surface area contributed by atoms with Gasteiger partial charge in [-0.2, -0.15) is 5.10 Å². The Bertz CT molecular complexity index is 376. The van der Waals surface area contributed by atoms with E-state index in [1.54, 1.807) is 0 Å². The number of H-pyrrole nitrogens is 1. The monoisotopic (exact) mass is 176 g/mol. The topological polar surface area (TPSA) is 45.8 Å². The third kappa shape index (κ3) is 0.900. The third-order valence-electron chi connectivity index (χ3n) is 3.04. The van der Waals surface area contributed by atoms with Crippen molar-refractivity contribution in [1.29, 1.82) is 0 Å². The Morgan fingerprint density at radius 2 is 2.23 bits per heavy atom. The fourth-order valence-corrected chi connectivity index (χ4v) is 2.11. The summed E-state index contributed by atoms with van der Waals surface area (Å²) in [7, 11) is 0. The number of aromatic amines is 1. The second-order valence-electron chi connectivity index (χ2n) is 4.21. The number of ketones is 1. The summed E-state index contributed by atoms with van der Waals surface area (Å²) in [6, 6.07) is 0. The third-order valence-corrected chi connectivity index (χ3v) is 3.04. The Morgan fingerprint density at radius 3 is 2.92 bits per heavy atom. The van der Waals surface area contributed by atoms with Crippen molar-refractivity contribution in [3.8, 4) is 0 Å². The van der Waals surface area contributed by atoms with Gasteiger partial charge in [0.25, 0.3) is 0 Å². The molecule has 0 radical (unpaired) electrons. The summed E-state index contributed by atoms with van der Waals surface area (Å²) < 4.78 is 0. The van der Waals surface area contributed by atoms with Gasteiger partial charge in [0.15, 0.2) is 5.78 Å². The Labute approximate surface area is 76.5 Å². The lowest BCUT2D eigenvalue weighted by Gasteiger charge is -1.98. The van der Waals surface area contributed by atoms with Gasteiger partial charge in [-0.1, -0.05) is 6.92 Å². The molecule has 13 heavy (non-hydrogen) atoms. The van der Waals surface area contributed by atoms with Crippen LogP contribution in [0.4, 0.5) is 0 Å². The summed E-state index contributed by atoms with van der Waals surface area (Å²) in [4.78, 5) is 11.8. The van der Waals surface area contributed by atoms with Gasteiger partial charge in [0.1, 0.15) is 0 Å². The first-order valence-electron chi connectivity index (χ1n) is 4.88. The Hall–Kier alpha value is -1.12. The van der Waals surface area contributed by atoms with Crippen LogP contribution in [0.5, 0.6) is 0 Å². The SMILES string of the molecule is CC1Cc2[nH]nc(C3CC3)c2C1=O. The summed E-state index contributed by atoms with van der Waals surface area (Å²) in [6.07, 6.45) is 3.27. The van der Waals surface area contributed by atoms with Crippen molar-refractivity contribution < 1.29 is 4.79 Å². The van der Waals surface area contributed by atoms with Crippen molar-refractivity contribution in [3.05, 3.63) is 17.0 Å². The van der Waals surface area contributed by atoms with Crippen molar-refractivity contribution in [2.45, 2.75) is 32.1 Å². The van der Waals surface area contributed by atoms with E-state index >= 15 is 0 Å². The van der Waals surface area contributed by atoms with E-state index in [1.807, 2.05) is 6.92 Å². The maximum atomic E-state index is 11.8. The number of Topliss-reactive ketones (excluding diaryl/α,β-unsaturated/α-hetero) is 1. The molecule has 0 saturated heterocycles. The maximum Gasteiger partial charge on any atom is 0.169 e. The van der Waals surface area contributed by atoms with Gasteiger partial charge >= 0.3 is 0 Å². The first kappa shape index (κ1) is 7.30. The molecule has 1 saturated carbocycles. The fraction of sp³-hybridized carbons (Fsp3) is 0.600. The normalized spacial score (nSPS) is 26.5. The van der Waals surface area contributed by atoms with Gasteiger partial charge in [-0.25, -0.2) is 0 Å². The number of nitrogens with one attached hydrogen (secondary N) is 1. The number of hydrogen-bond acceptors (Lipinski definition) is 2. The van der Waals surface area contributed by atoms with Gasteiger partial charge in [-0.05, 0) is 19.3 Å². The van der Waals surface area contributed by atoms with Gasteiger partial charge in [0.05, 0.1) is 11.3 Å². The van der Waals surface area contributed by atoms with Gasteiger partial charge in [-0.15, -0.1) is 0 Å². The molecule has 68 valence electrons. The molecule has 3 rings (SSSR count). The average Bonchev–Trinajstić information content (AvgIpc) is 2.81. The summed E-state index contributed by atoms with van der Waals surface area (Å²) in [5, 5.41) is 7.24. The highest BCUT2D eigenvalue weighted by molar-refractivity contribution is 6.02. The molecule has 2 aliphatic rings. The number of carbonyl (C=O) groups excluding carboxylic acids is 1. The molecule has 1 aromatic heterocycles. The van der Waals surface area contributed by atoms with Gasteiger partial charge in [0, 0.05) is 17.5 Å². The average molecular weight is 176 g/mol. The minimum Gasteiger partial charge on any atom is -0.294 e. The molecule has 0 amide bonds. The first-order chi connectivity index (χ1) is 6.27. The molecule has 1 atom stereocenters. The summed E-state index contributed by atoms with van der Waals surface area (Å²) in [5.74, 6) is 1.04. The fourth-order valence-electron chi connectivity index (χ4n) is 2.11. The summed E-state index contributed by atoms with van der Waals surface area (Å²) >= 11 is 0. The minimum atomic E-state index is 0.168. The van der Waals surface area contributed by atoms with Crippen LogP contribution in [0, 0.1) is 5.92 Å². The van der Waals surface area contributed by atoms with Crippen molar-refractivity contribution in [2.75, 3.05) is 0 Å². The molecular weight excluding hydrogens is 164 g/mol. The summed E-state index contributed by atoms with van der Waals surface area (Å²) in [6.45, 7) is 1.99. The van der Waals surface area contributed by atoms with Crippen LogP contribution in [0.15, 0.2) is 0 Å². The molecule has 0 aliphatic heterocycles. The van der Waals surface area contributed by atoms with Gasteiger partial charge < -0.3 is 0 Å². The van der Waals surface area contributed by atoms with E-state index < -0.39 is 0 Å². The molecule has 0 bridgehead atoms. The van der Waals surface area contributed by atoms with E-state index in [0.717, 1.165) is 23.4 Å². The second-order valence-corrected chi connectivity index (χ2v) is 4.21. The zero-order valence-electron chi connectivity index (χ0n) is 7.63.